The monoisotopic (exact) mass is 402 g/mol. The summed E-state index contributed by atoms with van der Waals surface area (Å²) in [7, 11) is 0. The molecule has 2 heterocycles. The SMILES string of the molecule is c1ccc(CCc2noc(CN3CCN([C@@H]4CCc5ccccc5C4)CC3)n2)cc1. The van der Waals surface area contributed by atoms with E-state index in [-0.39, 0.29) is 0 Å². The third-order valence-corrected chi connectivity index (χ3v) is 6.59. The number of benzene rings is 2. The molecule has 5 heteroatoms. The van der Waals surface area contributed by atoms with Gasteiger partial charge in [-0.3, -0.25) is 9.80 Å². The molecule has 1 aliphatic heterocycles. The third kappa shape index (κ3) is 4.63. The maximum atomic E-state index is 5.52. The van der Waals surface area contributed by atoms with Gasteiger partial charge in [-0.05, 0) is 42.4 Å². The Bertz CT molecular complexity index is 947. The maximum absolute atomic E-state index is 5.52. The Morgan fingerprint density at radius 3 is 2.47 bits per heavy atom. The van der Waals surface area contributed by atoms with Gasteiger partial charge in [0.15, 0.2) is 5.82 Å². The third-order valence-electron chi connectivity index (χ3n) is 6.59. The van der Waals surface area contributed by atoms with E-state index >= 15 is 0 Å². The summed E-state index contributed by atoms with van der Waals surface area (Å²) in [5, 5.41) is 4.18. The van der Waals surface area contributed by atoms with Crippen molar-refractivity contribution < 1.29 is 4.52 Å². The molecule has 5 nitrogen and oxygen atoms in total. The lowest BCUT2D eigenvalue weighted by Crippen LogP contribution is -2.51. The Morgan fingerprint density at radius 2 is 1.63 bits per heavy atom. The van der Waals surface area contributed by atoms with Crippen molar-refractivity contribution >= 4 is 0 Å². The van der Waals surface area contributed by atoms with Crippen LogP contribution >= 0.6 is 0 Å². The second-order valence-electron chi connectivity index (χ2n) is 8.57. The smallest absolute Gasteiger partial charge is 0.240 e. The zero-order chi connectivity index (χ0) is 20.2. The zero-order valence-electron chi connectivity index (χ0n) is 17.5. The summed E-state index contributed by atoms with van der Waals surface area (Å²) in [6.45, 7) is 5.16. The lowest BCUT2D eigenvalue weighted by Gasteiger charge is -2.40. The molecule has 2 aromatic carbocycles. The molecule has 3 aromatic rings. The number of aryl methyl sites for hydroxylation is 3. The predicted molar refractivity (Wildman–Crippen MR) is 117 cm³/mol. The number of hydrogen-bond donors (Lipinski definition) is 0. The van der Waals surface area contributed by atoms with E-state index < -0.39 is 0 Å². The molecule has 1 aromatic heterocycles. The minimum atomic E-state index is 0.690. The fraction of sp³-hybridized carbons (Fsp3) is 0.440. The molecular formula is C25H30N4O. The molecule has 1 atom stereocenters. The fourth-order valence-corrected chi connectivity index (χ4v) is 4.82. The van der Waals surface area contributed by atoms with Gasteiger partial charge in [-0.2, -0.15) is 4.98 Å². The van der Waals surface area contributed by atoms with Crippen molar-refractivity contribution in [3.05, 3.63) is 83.0 Å². The highest BCUT2D eigenvalue weighted by molar-refractivity contribution is 5.30. The Labute approximate surface area is 178 Å². The first kappa shape index (κ1) is 19.5. The molecule has 30 heavy (non-hydrogen) atoms. The van der Waals surface area contributed by atoms with E-state index in [0.29, 0.717) is 6.04 Å². The summed E-state index contributed by atoms with van der Waals surface area (Å²) < 4.78 is 5.52. The molecule has 0 amide bonds. The molecule has 0 bridgehead atoms. The van der Waals surface area contributed by atoms with Crippen LogP contribution in [-0.4, -0.2) is 52.2 Å². The first-order valence-corrected chi connectivity index (χ1v) is 11.2. The van der Waals surface area contributed by atoms with Gasteiger partial charge in [-0.1, -0.05) is 59.8 Å². The normalized spacial score (nSPS) is 20.2. The van der Waals surface area contributed by atoms with Gasteiger partial charge in [0.1, 0.15) is 0 Å². The molecule has 1 saturated heterocycles. The topological polar surface area (TPSA) is 45.4 Å². The van der Waals surface area contributed by atoms with Crippen molar-refractivity contribution in [3.8, 4) is 0 Å². The Balaban J connectivity index is 1.09. The minimum absolute atomic E-state index is 0.690. The standard InChI is InChI=1S/C25H30N4O/c1-2-6-20(7-3-1)10-13-24-26-25(30-27-24)19-28-14-16-29(17-15-28)23-12-11-21-8-4-5-9-22(21)18-23/h1-9,23H,10-19H2/t23-/m1/s1. The molecule has 1 fully saturated rings. The highest BCUT2D eigenvalue weighted by Gasteiger charge is 2.27. The maximum Gasteiger partial charge on any atom is 0.240 e. The average molecular weight is 403 g/mol. The zero-order valence-corrected chi connectivity index (χ0v) is 17.5. The first-order chi connectivity index (χ1) is 14.8. The first-order valence-electron chi connectivity index (χ1n) is 11.2. The molecule has 156 valence electrons. The fourth-order valence-electron chi connectivity index (χ4n) is 4.82. The van der Waals surface area contributed by atoms with E-state index in [4.69, 9.17) is 4.52 Å². The van der Waals surface area contributed by atoms with Crippen molar-refractivity contribution in [2.75, 3.05) is 26.2 Å². The summed E-state index contributed by atoms with van der Waals surface area (Å²) in [5.41, 5.74) is 4.40. The Kier molecular flexibility index (Phi) is 5.91. The van der Waals surface area contributed by atoms with Crippen LogP contribution in [0, 0.1) is 0 Å². The summed E-state index contributed by atoms with van der Waals surface area (Å²) in [6, 6.07) is 20.1. The number of fused-ring (bicyclic) bond motifs is 1. The molecule has 0 unspecified atom stereocenters. The van der Waals surface area contributed by atoms with Crippen LogP contribution in [0.25, 0.3) is 0 Å². The van der Waals surface area contributed by atoms with Crippen LogP contribution in [0.3, 0.4) is 0 Å². The van der Waals surface area contributed by atoms with E-state index in [1.807, 2.05) is 6.07 Å². The molecular weight excluding hydrogens is 372 g/mol. The number of hydrogen-bond acceptors (Lipinski definition) is 5. The van der Waals surface area contributed by atoms with Crippen LogP contribution in [0.15, 0.2) is 59.1 Å². The van der Waals surface area contributed by atoms with Crippen LogP contribution in [0.4, 0.5) is 0 Å². The molecule has 5 rings (SSSR count). The lowest BCUT2D eigenvalue weighted by molar-refractivity contribution is 0.0795. The van der Waals surface area contributed by atoms with E-state index in [1.54, 1.807) is 11.1 Å². The summed E-state index contributed by atoms with van der Waals surface area (Å²) in [4.78, 5) is 9.75. The molecule has 0 saturated carbocycles. The summed E-state index contributed by atoms with van der Waals surface area (Å²) in [5.74, 6) is 1.56. The summed E-state index contributed by atoms with van der Waals surface area (Å²) >= 11 is 0. The van der Waals surface area contributed by atoms with Gasteiger partial charge in [-0.15, -0.1) is 0 Å². The van der Waals surface area contributed by atoms with Gasteiger partial charge in [0, 0.05) is 38.6 Å². The van der Waals surface area contributed by atoms with Gasteiger partial charge in [0.05, 0.1) is 6.54 Å². The van der Waals surface area contributed by atoms with Gasteiger partial charge >= 0.3 is 0 Å². The molecule has 0 spiro atoms. The predicted octanol–water partition coefficient (Wildman–Crippen LogP) is 3.53. The highest BCUT2D eigenvalue weighted by Crippen LogP contribution is 2.25. The quantitative estimate of drug-likeness (QED) is 0.631. The second kappa shape index (κ2) is 9.11. The highest BCUT2D eigenvalue weighted by atomic mass is 16.5. The second-order valence-corrected chi connectivity index (χ2v) is 8.57. The van der Waals surface area contributed by atoms with E-state index in [9.17, 15) is 0 Å². The van der Waals surface area contributed by atoms with Crippen molar-refractivity contribution in [1.29, 1.82) is 0 Å². The van der Waals surface area contributed by atoms with Crippen molar-refractivity contribution in [2.45, 2.75) is 44.7 Å². The van der Waals surface area contributed by atoms with Crippen molar-refractivity contribution in [2.24, 2.45) is 0 Å². The number of aromatic nitrogens is 2. The van der Waals surface area contributed by atoms with Gasteiger partial charge in [-0.25, -0.2) is 0 Å². The summed E-state index contributed by atoms with van der Waals surface area (Å²) in [6.07, 6.45) is 5.47. The average Bonchev–Trinajstić information content (AvgIpc) is 3.26. The van der Waals surface area contributed by atoms with Crippen LogP contribution in [0.5, 0.6) is 0 Å². The van der Waals surface area contributed by atoms with Gasteiger partial charge < -0.3 is 4.52 Å². The largest absolute Gasteiger partial charge is 0.338 e. The molecule has 2 aliphatic rings. The van der Waals surface area contributed by atoms with E-state index in [2.05, 4.69) is 68.5 Å². The number of piperazine rings is 1. The van der Waals surface area contributed by atoms with Crippen molar-refractivity contribution in [3.63, 3.8) is 0 Å². The minimum Gasteiger partial charge on any atom is -0.338 e. The van der Waals surface area contributed by atoms with Crippen LogP contribution in [-0.2, 0) is 32.2 Å². The Hall–Kier alpha value is -2.50. The van der Waals surface area contributed by atoms with Crippen LogP contribution in [0.1, 0.15) is 34.8 Å². The van der Waals surface area contributed by atoms with Crippen LogP contribution < -0.4 is 0 Å². The van der Waals surface area contributed by atoms with Gasteiger partial charge in [0.25, 0.3) is 0 Å². The van der Waals surface area contributed by atoms with E-state index in [0.717, 1.165) is 57.3 Å². The Morgan fingerprint density at radius 1 is 0.867 bits per heavy atom. The molecule has 0 N–H and O–H groups in total. The van der Waals surface area contributed by atoms with E-state index in [1.165, 1.54) is 24.8 Å². The number of nitrogens with zero attached hydrogens (tertiary/aromatic N) is 4. The molecule has 1 aliphatic carbocycles. The lowest BCUT2D eigenvalue weighted by atomic mass is 9.87. The van der Waals surface area contributed by atoms with Crippen molar-refractivity contribution in [1.82, 2.24) is 19.9 Å². The van der Waals surface area contributed by atoms with Crippen LogP contribution in [0.2, 0.25) is 0 Å². The molecule has 0 radical (unpaired) electrons. The van der Waals surface area contributed by atoms with Gasteiger partial charge in [0.2, 0.25) is 5.89 Å². The number of rotatable bonds is 6.